The van der Waals surface area contributed by atoms with Crippen LogP contribution in [-0.2, 0) is 19.3 Å². The van der Waals surface area contributed by atoms with Gasteiger partial charge in [-0.25, -0.2) is 4.98 Å². The number of amides is 3. The number of carbonyl (C=O) groups excluding carboxylic acids is 3. The van der Waals surface area contributed by atoms with Crippen LogP contribution in [0.3, 0.4) is 0 Å². The third-order valence-electron chi connectivity index (χ3n) is 8.02. The third-order valence-corrected chi connectivity index (χ3v) is 9.65. The largest absolute Gasteiger partial charge is 0.384 e. The van der Waals surface area contributed by atoms with Crippen molar-refractivity contribution in [3.8, 4) is 0 Å². The second-order valence-electron chi connectivity index (χ2n) is 10.3. The van der Waals surface area contributed by atoms with Gasteiger partial charge in [-0.1, -0.05) is 71.9 Å². The van der Waals surface area contributed by atoms with Crippen LogP contribution in [0.4, 0.5) is 11.5 Å². The molecule has 1 spiro atoms. The molecule has 8 rings (SSSR count). The average molecular weight is 590 g/mol. The van der Waals surface area contributed by atoms with Crippen LogP contribution in [0.2, 0.25) is 0 Å². The molecule has 4 aromatic rings. The average Bonchev–Trinajstić information content (AvgIpc) is 3.74. The number of nitrogens with zero attached hydrogens (tertiary/aromatic N) is 5. The number of rotatable bonds is 6. The number of thioether (sulfide) groups is 1. The second-order valence-corrected chi connectivity index (χ2v) is 11.7. The van der Waals surface area contributed by atoms with Gasteiger partial charge >= 0.3 is 0 Å². The van der Waals surface area contributed by atoms with E-state index in [1.165, 1.54) is 11.8 Å². The summed E-state index contributed by atoms with van der Waals surface area (Å²) < 4.78 is 0. The predicted molar refractivity (Wildman–Crippen MR) is 159 cm³/mol. The van der Waals surface area contributed by atoms with E-state index in [4.69, 9.17) is 9.68 Å². The van der Waals surface area contributed by atoms with Gasteiger partial charge in [0.25, 0.3) is 17.7 Å². The van der Waals surface area contributed by atoms with Gasteiger partial charge in [-0.3, -0.25) is 24.1 Å². The Kier molecular flexibility index (Phi) is 5.85. The quantitative estimate of drug-likeness (QED) is 0.303. The molecule has 0 bridgehead atoms. The Labute approximate surface area is 250 Å². The van der Waals surface area contributed by atoms with E-state index in [-0.39, 0.29) is 24.3 Å². The standard InChI is InChI=1S/C32H23N5O5S/c38-29-21-12-4-5-13-22(21)30(39)37(29)41-19-18-35-24-15-7-6-14-23(24)32(31(35)40)36(25-16-8-9-17-33-25)28-27(43-32)26(42-34-28)20-10-2-1-3-11-20/h1-17,26-27H,18-19H2. The molecule has 4 aliphatic rings. The van der Waals surface area contributed by atoms with Crippen molar-refractivity contribution in [2.45, 2.75) is 16.2 Å². The molecule has 0 aliphatic carbocycles. The number of oxime groups is 1. The number of hydrogen-bond acceptors (Lipinski definition) is 9. The molecule has 0 N–H and O–H groups in total. The molecule has 1 aromatic heterocycles. The Hall–Kier alpha value is -5.00. The summed E-state index contributed by atoms with van der Waals surface area (Å²) in [5.41, 5.74) is 3.06. The summed E-state index contributed by atoms with van der Waals surface area (Å²) in [7, 11) is 0. The van der Waals surface area contributed by atoms with E-state index < -0.39 is 22.8 Å². The van der Waals surface area contributed by atoms with Crippen LogP contribution in [-0.4, -0.2) is 52.0 Å². The number of fused-ring (bicyclic) bond motifs is 4. The molecule has 0 saturated carbocycles. The molecule has 0 radical (unpaired) electrons. The van der Waals surface area contributed by atoms with Crippen molar-refractivity contribution in [2.75, 3.05) is 23.0 Å². The minimum absolute atomic E-state index is 0.0734. The lowest BCUT2D eigenvalue weighted by Crippen LogP contribution is -2.50. The fourth-order valence-corrected chi connectivity index (χ4v) is 7.89. The van der Waals surface area contributed by atoms with Crippen LogP contribution in [0.15, 0.2) is 108 Å². The lowest BCUT2D eigenvalue weighted by atomic mass is 10.0. The summed E-state index contributed by atoms with van der Waals surface area (Å²) >= 11 is 1.48. The monoisotopic (exact) mass is 589 g/mol. The highest BCUT2D eigenvalue weighted by molar-refractivity contribution is 8.03. The maximum Gasteiger partial charge on any atom is 0.285 e. The first-order chi connectivity index (χ1) is 21.1. The highest BCUT2D eigenvalue weighted by atomic mass is 32.2. The summed E-state index contributed by atoms with van der Waals surface area (Å²) in [6.45, 7) is 0.0351. The van der Waals surface area contributed by atoms with Gasteiger partial charge in [0.2, 0.25) is 4.87 Å². The minimum Gasteiger partial charge on any atom is -0.384 e. The number of hydroxylamine groups is 2. The first-order valence-electron chi connectivity index (χ1n) is 13.8. The zero-order chi connectivity index (χ0) is 29.1. The van der Waals surface area contributed by atoms with Gasteiger partial charge in [-0.05, 0) is 35.9 Å². The van der Waals surface area contributed by atoms with Gasteiger partial charge in [0.15, 0.2) is 11.9 Å². The molecular formula is C32H23N5O5S. The normalized spacial score (nSPS) is 23.5. The van der Waals surface area contributed by atoms with Gasteiger partial charge in [0.1, 0.15) is 11.1 Å². The minimum atomic E-state index is -1.21. The van der Waals surface area contributed by atoms with Gasteiger partial charge in [-0.15, -0.1) is 16.8 Å². The maximum atomic E-state index is 14.7. The zero-order valence-electron chi connectivity index (χ0n) is 22.6. The molecule has 3 aromatic carbocycles. The predicted octanol–water partition coefficient (Wildman–Crippen LogP) is 4.52. The Morgan fingerprint density at radius 1 is 0.837 bits per heavy atom. The van der Waals surface area contributed by atoms with Crippen LogP contribution in [0, 0.1) is 0 Å². The Morgan fingerprint density at radius 3 is 2.28 bits per heavy atom. The lowest BCUT2D eigenvalue weighted by Gasteiger charge is -2.33. The Bertz CT molecular complexity index is 1780. The van der Waals surface area contributed by atoms with Crippen molar-refractivity contribution < 1.29 is 24.1 Å². The first kappa shape index (κ1) is 25.7. The number of amidine groups is 1. The summed E-state index contributed by atoms with van der Waals surface area (Å²) in [6, 6.07) is 29.6. The number of para-hydroxylation sites is 1. The van der Waals surface area contributed by atoms with E-state index in [2.05, 4.69) is 10.1 Å². The van der Waals surface area contributed by atoms with Crippen molar-refractivity contribution in [3.05, 3.63) is 126 Å². The number of imide groups is 1. The van der Waals surface area contributed by atoms with E-state index in [0.29, 0.717) is 28.5 Å². The number of benzene rings is 3. The van der Waals surface area contributed by atoms with Crippen molar-refractivity contribution in [2.24, 2.45) is 5.16 Å². The number of aromatic nitrogens is 1. The van der Waals surface area contributed by atoms with Crippen molar-refractivity contribution in [1.29, 1.82) is 0 Å². The number of pyridine rings is 1. The van der Waals surface area contributed by atoms with E-state index in [9.17, 15) is 14.4 Å². The molecule has 5 heterocycles. The summed E-state index contributed by atoms with van der Waals surface area (Å²) in [5.74, 6) is -0.0451. The van der Waals surface area contributed by atoms with Crippen molar-refractivity contribution in [3.63, 3.8) is 0 Å². The van der Waals surface area contributed by atoms with E-state index in [0.717, 1.165) is 16.2 Å². The number of hydrogen-bond donors (Lipinski definition) is 0. The molecular weight excluding hydrogens is 566 g/mol. The lowest BCUT2D eigenvalue weighted by molar-refractivity contribution is -0.121. The van der Waals surface area contributed by atoms with Gasteiger partial charge < -0.3 is 9.74 Å². The fraction of sp³-hybridized carbons (Fsp3) is 0.156. The molecule has 11 heteroatoms. The van der Waals surface area contributed by atoms with E-state index >= 15 is 0 Å². The van der Waals surface area contributed by atoms with Crippen molar-refractivity contribution >= 4 is 46.8 Å². The van der Waals surface area contributed by atoms with Crippen LogP contribution in [0.25, 0.3) is 0 Å². The van der Waals surface area contributed by atoms with Crippen molar-refractivity contribution in [1.82, 2.24) is 10.0 Å². The van der Waals surface area contributed by atoms with E-state index in [1.54, 1.807) is 35.4 Å². The Morgan fingerprint density at radius 2 is 1.53 bits per heavy atom. The molecule has 3 amide bonds. The number of carbonyl (C=O) groups is 3. The molecule has 1 fully saturated rings. The fourth-order valence-electron chi connectivity index (χ4n) is 6.14. The number of anilines is 2. The topological polar surface area (TPSA) is 105 Å². The highest BCUT2D eigenvalue weighted by Gasteiger charge is 2.66. The molecule has 1 saturated heterocycles. The molecule has 43 heavy (non-hydrogen) atoms. The van der Waals surface area contributed by atoms with Gasteiger partial charge in [0, 0.05) is 11.8 Å². The Balaban J connectivity index is 1.14. The SMILES string of the molecule is O=C1c2ccccc2C(=O)N1OCCN1C(=O)C2(SC3C(=NOC3c3ccccc3)N2c2ccccn2)c2ccccc21. The third kappa shape index (κ3) is 3.68. The highest BCUT2D eigenvalue weighted by Crippen LogP contribution is 2.61. The summed E-state index contributed by atoms with van der Waals surface area (Å²) in [6.07, 6.45) is 1.29. The second kappa shape index (κ2) is 9.79. The molecule has 3 atom stereocenters. The summed E-state index contributed by atoms with van der Waals surface area (Å²) in [5, 5.41) is 5.01. The van der Waals surface area contributed by atoms with Gasteiger partial charge in [0.05, 0.1) is 30.0 Å². The molecule has 212 valence electrons. The van der Waals surface area contributed by atoms with E-state index in [1.807, 2.05) is 77.7 Å². The zero-order valence-corrected chi connectivity index (χ0v) is 23.4. The van der Waals surface area contributed by atoms with Crippen LogP contribution in [0.1, 0.15) is 37.9 Å². The molecule has 10 nitrogen and oxygen atoms in total. The van der Waals surface area contributed by atoms with Crippen LogP contribution < -0.4 is 9.80 Å². The van der Waals surface area contributed by atoms with Gasteiger partial charge in [-0.2, -0.15) is 0 Å². The summed E-state index contributed by atoms with van der Waals surface area (Å²) in [4.78, 5) is 59.0. The maximum absolute atomic E-state index is 14.7. The smallest absolute Gasteiger partial charge is 0.285 e. The molecule has 4 aliphatic heterocycles. The van der Waals surface area contributed by atoms with Crippen LogP contribution in [0.5, 0.6) is 0 Å². The first-order valence-corrected chi connectivity index (χ1v) is 14.7. The molecule has 3 unspecified atom stereocenters. The van der Waals surface area contributed by atoms with Crippen LogP contribution >= 0.6 is 11.8 Å².